The fourth-order valence-corrected chi connectivity index (χ4v) is 4.14. The quantitative estimate of drug-likeness (QED) is 0.707. The first kappa shape index (κ1) is 18.0. The fourth-order valence-electron chi connectivity index (χ4n) is 4.14. The lowest BCUT2D eigenvalue weighted by atomic mass is 9.93. The Kier molecular flexibility index (Phi) is 4.39. The van der Waals surface area contributed by atoms with Gasteiger partial charge in [-0.05, 0) is 31.0 Å². The molecule has 1 amide bonds. The summed E-state index contributed by atoms with van der Waals surface area (Å²) >= 11 is 0. The van der Waals surface area contributed by atoms with Gasteiger partial charge in [0.2, 0.25) is 5.95 Å². The number of hydrogen-bond acceptors (Lipinski definition) is 5. The number of nitrogens with zero attached hydrogens (tertiary/aromatic N) is 4. The third-order valence-electron chi connectivity index (χ3n) is 5.67. The third kappa shape index (κ3) is 3.21. The average Bonchev–Trinajstić information content (AvgIpc) is 3.18. The lowest BCUT2D eigenvalue weighted by Gasteiger charge is -2.45. The van der Waals surface area contributed by atoms with Gasteiger partial charge in [-0.1, -0.05) is 18.2 Å². The largest absolute Gasteiger partial charge is 0.334 e. The Morgan fingerprint density at radius 3 is 2.79 bits per heavy atom. The van der Waals surface area contributed by atoms with Crippen LogP contribution in [-0.2, 0) is 0 Å². The number of benzene rings is 1. The van der Waals surface area contributed by atoms with Crippen LogP contribution in [0.3, 0.4) is 0 Å². The zero-order valence-corrected chi connectivity index (χ0v) is 15.6. The van der Waals surface area contributed by atoms with Crippen LogP contribution < -0.4 is 15.5 Å². The van der Waals surface area contributed by atoms with E-state index in [-0.39, 0.29) is 16.9 Å². The van der Waals surface area contributed by atoms with E-state index >= 15 is 0 Å². The zero-order valence-electron chi connectivity index (χ0n) is 15.6. The lowest BCUT2D eigenvalue weighted by molar-refractivity contribution is 0.101. The van der Waals surface area contributed by atoms with Gasteiger partial charge in [0.1, 0.15) is 5.69 Å². The predicted octanol–water partition coefficient (Wildman–Crippen LogP) is 2.86. The van der Waals surface area contributed by atoms with Crippen molar-refractivity contribution < 1.29 is 13.6 Å². The summed E-state index contributed by atoms with van der Waals surface area (Å²) < 4.78 is 28.0. The van der Waals surface area contributed by atoms with E-state index in [0.717, 1.165) is 25.9 Å². The number of piperazine rings is 1. The average molecular weight is 398 g/mol. The summed E-state index contributed by atoms with van der Waals surface area (Å²) in [6, 6.07) is 10.0. The van der Waals surface area contributed by atoms with Gasteiger partial charge in [0.15, 0.2) is 0 Å². The molecule has 3 aliphatic rings. The third-order valence-corrected chi connectivity index (χ3v) is 5.67. The second-order valence-corrected chi connectivity index (χ2v) is 7.44. The molecule has 9 heteroatoms. The molecular weight excluding hydrogens is 378 g/mol. The summed E-state index contributed by atoms with van der Waals surface area (Å²) in [4.78, 5) is 19.5. The number of carbonyl (C=O) groups excluding carboxylic acids is 1. The van der Waals surface area contributed by atoms with Gasteiger partial charge < -0.3 is 15.5 Å². The zero-order chi connectivity index (χ0) is 20.0. The molecule has 29 heavy (non-hydrogen) atoms. The van der Waals surface area contributed by atoms with Crippen molar-refractivity contribution in [2.24, 2.45) is 0 Å². The molecule has 6 rings (SSSR count). The van der Waals surface area contributed by atoms with Crippen LogP contribution in [0.25, 0.3) is 5.52 Å². The van der Waals surface area contributed by atoms with Gasteiger partial charge in [-0.3, -0.25) is 4.79 Å². The maximum atomic E-state index is 13.2. The van der Waals surface area contributed by atoms with Crippen LogP contribution in [0.1, 0.15) is 35.3 Å². The van der Waals surface area contributed by atoms with Crippen molar-refractivity contribution in [1.82, 2.24) is 19.9 Å². The van der Waals surface area contributed by atoms with Crippen LogP contribution in [0.4, 0.5) is 20.4 Å². The maximum Gasteiger partial charge on any atom is 0.274 e. The highest BCUT2D eigenvalue weighted by Gasteiger charge is 2.35. The van der Waals surface area contributed by atoms with Crippen molar-refractivity contribution in [2.45, 2.75) is 31.4 Å². The number of hydrogen-bond donors (Lipinski definition) is 2. The molecular formula is C20H20F2N6O. The molecule has 3 fully saturated rings. The Morgan fingerprint density at radius 1 is 1.21 bits per heavy atom. The van der Waals surface area contributed by atoms with E-state index in [1.54, 1.807) is 24.4 Å². The number of carbonyl (C=O) groups is 1. The van der Waals surface area contributed by atoms with E-state index in [1.165, 1.54) is 22.7 Å². The van der Waals surface area contributed by atoms with E-state index in [2.05, 4.69) is 25.6 Å². The number of anilines is 2. The molecule has 3 aliphatic heterocycles. The Bertz CT molecular complexity index is 1060. The van der Waals surface area contributed by atoms with Crippen LogP contribution >= 0.6 is 0 Å². The summed E-state index contributed by atoms with van der Waals surface area (Å²) in [5.41, 5.74) is 0.819. The minimum atomic E-state index is -2.67. The van der Waals surface area contributed by atoms with Gasteiger partial charge in [-0.25, -0.2) is 18.3 Å². The van der Waals surface area contributed by atoms with Gasteiger partial charge in [0.05, 0.1) is 11.7 Å². The monoisotopic (exact) mass is 398 g/mol. The SMILES string of the molecule is O=C(Nc1ccccc1C(F)F)c1ccc2cnc(N3C[C@@H]4CC[C@@H]3CN4)nn12. The van der Waals surface area contributed by atoms with E-state index in [0.29, 0.717) is 23.5 Å². The van der Waals surface area contributed by atoms with Crippen molar-refractivity contribution in [3.05, 3.63) is 53.9 Å². The molecule has 2 aromatic heterocycles. The van der Waals surface area contributed by atoms with Crippen LogP contribution in [0, 0.1) is 0 Å². The Balaban J connectivity index is 1.45. The van der Waals surface area contributed by atoms with Gasteiger partial charge in [-0.2, -0.15) is 0 Å². The van der Waals surface area contributed by atoms with E-state index in [1.807, 2.05) is 0 Å². The summed E-state index contributed by atoms with van der Waals surface area (Å²) in [7, 11) is 0. The van der Waals surface area contributed by atoms with Crippen LogP contribution in [0.5, 0.6) is 0 Å². The number of amides is 1. The van der Waals surface area contributed by atoms with Crippen molar-refractivity contribution in [3.63, 3.8) is 0 Å². The van der Waals surface area contributed by atoms with Gasteiger partial charge in [0.25, 0.3) is 12.3 Å². The number of rotatable bonds is 4. The van der Waals surface area contributed by atoms with Gasteiger partial charge in [0, 0.05) is 36.4 Å². The topological polar surface area (TPSA) is 74.6 Å². The molecule has 2 atom stereocenters. The van der Waals surface area contributed by atoms with Crippen LogP contribution in [0.15, 0.2) is 42.6 Å². The van der Waals surface area contributed by atoms with Gasteiger partial charge in [-0.15, -0.1) is 5.10 Å². The molecule has 5 heterocycles. The number of alkyl halides is 2. The number of halogens is 2. The number of fused-ring (bicyclic) bond motifs is 4. The smallest absolute Gasteiger partial charge is 0.274 e. The highest BCUT2D eigenvalue weighted by Crippen LogP contribution is 2.28. The van der Waals surface area contributed by atoms with Crippen molar-refractivity contribution in [1.29, 1.82) is 0 Å². The van der Waals surface area contributed by atoms with E-state index < -0.39 is 12.3 Å². The second-order valence-electron chi connectivity index (χ2n) is 7.44. The predicted molar refractivity (Wildman–Crippen MR) is 104 cm³/mol. The summed E-state index contributed by atoms with van der Waals surface area (Å²) in [5, 5.41) is 10.7. The molecule has 0 saturated carbocycles. The molecule has 0 spiro atoms. The standard InChI is InChI=1S/C20H20F2N6O/c21-18(22)15-3-1-2-4-16(15)25-19(29)17-8-7-14-10-24-20(26-28(14)17)27-11-12-5-6-13(27)9-23-12/h1-4,7-8,10,12-13,18,23H,5-6,9,11H2,(H,25,29)/t12-,13+/m0/s1. The molecule has 2 bridgehead atoms. The molecule has 3 saturated heterocycles. The maximum absolute atomic E-state index is 13.2. The van der Waals surface area contributed by atoms with Crippen LogP contribution in [-0.4, -0.2) is 45.7 Å². The first-order valence-corrected chi connectivity index (χ1v) is 9.63. The normalized spacial score (nSPS) is 21.1. The molecule has 7 nitrogen and oxygen atoms in total. The molecule has 150 valence electrons. The summed E-state index contributed by atoms with van der Waals surface area (Å²) in [6.45, 7) is 1.73. The first-order chi connectivity index (χ1) is 14.1. The molecule has 0 aliphatic carbocycles. The number of piperidine rings is 2. The van der Waals surface area contributed by atoms with Crippen molar-refractivity contribution >= 4 is 23.1 Å². The second kappa shape index (κ2) is 7.07. The van der Waals surface area contributed by atoms with Crippen molar-refractivity contribution in [3.8, 4) is 0 Å². The first-order valence-electron chi connectivity index (χ1n) is 9.63. The minimum Gasteiger partial charge on any atom is -0.334 e. The lowest BCUT2D eigenvalue weighted by Crippen LogP contribution is -2.61. The number of nitrogens with one attached hydrogen (secondary N) is 2. The van der Waals surface area contributed by atoms with E-state index in [9.17, 15) is 13.6 Å². The molecule has 2 N–H and O–H groups in total. The molecule has 1 aromatic carbocycles. The Hall–Kier alpha value is -3.07. The van der Waals surface area contributed by atoms with Crippen molar-refractivity contribution in [2.75, 3.05) is 23.3 Å². The number of aromatic nitrogens is 3. The summed E-state index contributed by atoms with van der Waals surface area (Å²) in [6.07, 6.45) is 1.24. The van der Waals surface area contributed by atoms with E-state index in [4.69, 9.17) is 0 Å². The molecule has 0 unspecified atom stereocenters. The van der Waals surface area contributed by atoms with Crippen LogP contribution in [0.2, 0.25) is 0 Å². The highest BCUT2D eigenvalue weighted by molar-refractivity contribution is 6.04. The Morgan fingerprint density at radius 2 is 2.07 bits per heavy atom. The minimum absolute atomic E-state index is 0.0937. The number of para-hydroxylation sites is 1. The van der Waals surface area contributed by atoms with Gasteiger partial charge >= 0.3 is 0 Å². The summed E-state index contributed by atoms with van der Waals surface area (Å²) in [5.74, 6) is 0.0801. The molecule has 3 aromatic rings. The molecule has 0 radical (unpaired) electrons. The fraction of sp³-hybridized carbons (Fsp3) is 0.350. The highest BCUT2D eigenvalue weighted by atomic mass is 19.3. The Labute approximate surface area is 165 Å².